The Morgan fingerprint density at radius 3 is 2.75 bits per heavy atom. The van der Waals surface area contributed by atoms with Gasteiger partial charge in [0, 0.05) is 53.3 Å². The first-order chi connectivity index (χ1) is 15.5. The van der Waals surface area contributed by atoms with Crippen molar-refractivity contribution in [1.29, 1.82) is 0 Å². The molecule has 0 radical (unpaired) electrons. The lowest BCUT2D eigenvalue weighted by Gasteiger charge is -2.10. The van der Waals surface area contributed by atoms with E-state index in [2.05, 4.69) is 34.8 Å². The zero-order chi connectivity index (χ0) is 22.5. The van der Waals surface area contributed by atoms with Gasteiger partial charge in [-0.1, -0.05) is 11.8 Å². The smallest absolute Gasteiger partial charge is 0.277 e. The summed E-state index contributed by atoms with van der Waals surface area (Å²) in [6.07, 6.45) is 3.81. The van der Waals surface area contributed by atoms with Crippen LogP contribution in [0.15, 0.2) is 56.8 Å². The summed E-state index contributed by atoms with van der Waals surface area (Å²) < 4.78 is 5.87. The van der Waals surface area contributed by atoms with E-state index in [4.69, 9.17) is 5.11 Å². The summed E-state index contributed by atoms with van der Waals surface area (Å²) in [7, 11) is 1.84. The van der Waals surface area contributed by atoms with Crippen LogP contribution >= 0.6 is 35.1 Å². The number of aliphatic hydroxyl groups excluding tert-OH is 1. The zero-order valence-electron chi connectivity index (χ0n) is 17.1. The molecule has 0 atom stereocenters. The van der Waals surface area contributed by atoms with Gasteiger partial charge in [0.15, 0.2) is 5.16 Å². The fourth-order valence-electron chi connectivity index (χ4n) is 2.55. The van der Waals surface area contributed by atoms with Crippen molar-refractivity contribution in [1.82, 2.24) is 34.1 Å². The maximum atomic E-state index is 13.1. The Bertz CT molecular complexity index is 1230. The van der Waals surface area contributed by atoms with Crippen LogP contribution in [0.4, 0.5) is 5.13 Å². The standard InChI is InChI=1S/C19H18N8O2S3/c1-11-22-18(32-26-11)24-17(29)16-14(30-13-4-3-12(7-8-28)20-9-13)5-6-15(23-16)31-19-25-21-10-27(19)2/h3-6,9-10,28H,7-8H2,1-2H3,(H,22,24,26,29). The molecule has 4 aromatic rings. The molecule has 0 bridgehead atoms. The third kappa shape index (κ3) is 5.48. The molecule has 4 aromatic heterocycles. The largest absolute Gasteiger partial charge is 0.396 e. The molecule has 2 N–H and O–H groups in total. The van der Waals surface area contributed by atoms with Gasteiger partial charge < -0.3 is 9.67 Å². The molecule has 1 amide bonds. The quantitative estimate of drug-likeness (QED) is 0.383. The maximum absolute atomic E-state index is 13.1. The van der Waals surface area contributed by atoms with Gasteiger partial charge in [-0.25, -0.2) is 9.97 Å². The Morgan fingerprint density at radius 1 is 1.22 bits per heavy atom. The maximum Gasteiger partial charge on any atom is 0.277 e. The number of pyridine rings is 2. The number of anilines is 1. The Hall–Kier alpha value is -2.87. The van der Waals surface area contributed by atoms with Crippen LogP contribution in [0.1, 0.15) is 22.0 Å². The lowest BCUT2D eigenvalue weighted by molar-refractivity contribution is 0.101. The van der Waals surface area contributed by atoms with E-state index in [1.165, 1.54) is 23.5 Å². The minimum Gasteiger partial charge on any atom is -0.396 e. The van der Waals surface area contributed by atoms with Gasteiger partial charge in [-0.3, -0.25) is 15.1 Å². The lowest BCUT2D eigenvalue weighted by atomic mass is 10.3. The number of nitrogens with one attached hydrogen (secondary N) is 1. The lowest BCUT2D eigenvalue weighted by Crippen LogP contribution is -2.15. The molecule has 0 unspecified atom stereocenters. The molecule has 4 rings (SSSR count). The van der Waals surface area contributed by atoms with Crippen molar-refractivity contribution in [3.63, 3.8) is 0 Å². The number of carbonyl (C=O) groups is 1. The molecule has 0 aliphatic heterocycles. The second-order valence-corrected chi connectivity index (χ2v) is 9.34. The molecule has 0 fully saturated rings. The molecular weight excluding hydrogens is 468 g/mol. The first-order valence-corrected chi connectivity index (χ1v) is 11.8. The van der Waals surface area contributed by atoms with Crippen LogP contribution < -0.4 is 5.32 Å². The molecular formula is C19H18N8O2S3. The molecule has 0 aliphatic rings. The number of aryl methyl sites for hydroxylation is 2. The highest BCUT2D eigenvalue weighted by Crippen LogP contribution is 2.33. The number of carbonyl (C=O) groups excluding carboxylic acids is 1. The van der Waals surface area contributed by atoms with E-state index in [1.807, 2.05) is 31.3 Å². The Labute approximate surface area is 196 Å². The van der Waals surface area contributed by atoms with Gasteiger partial charge in [-0.2, -0.15) is 4.37 Å². The summed E-state index contributed by atoms with van der Waals surface area (Å²) >= 11 is 3.81. The summed E-state index contributed by atoms with van der Waals surface area (Å²) in [6, 6.07) is 7.44. The Kier molecular flexibility index (Phi) is 7.09. The van der Waals surface area contributed by atoms with Crippen LogP contribution in [0, 0.1) is 6.92 Å². The first-order valence-electron chi connectivity index (χ1n) is 9.40. The minimum atomic E-state index is -0.381. The van der Waals surface area contributed by atoms with Crippen LogP contribution in [-0.4, -0.2) is 51.7 Å². The SMILES string of the molecule is Cc1nsc(NC(=O)c2nc(Sc3nncn3C)ccc2Sc2ccc(CCO)nc2)n1. The van der Waals surface area contributed by atoms with E-state index in [-0.39, 0.29) is 18.2 Å². The number of nitrogens with zero attached hydrogens (tertiary/aromatic N) is 7. The number of amides is 1. The van der Waals surface area contributed by atoms with Gasteiger partial charge in [0.1, 0.15) is 22.9 Å². The van der Waals surface area contributed by atoms with Gasteiger partial charge in [0.25, 0.3) is 5.91 Å². The second kappa shape index (κ2) is 10.2. The van der Waals surface area contributed by atoms with Crippen molar-refractivity contribution in [3.05, 3.63) is 54.0 Å². The fourth-order valence-corrected chi connectivity index (χ4v) is 4.73. The molecule has 32 heavy (non-hydrogen) atoms. The summed E-state index contributed by atoms with van der Waals surface area (Å²) in [6.45, 7) is 1.81. The fraction of sp³-hybridized carbons (Fsp3) is 0.211. The normalized spacial score (nSPS) is 11.0. The van der Waals surface area contributed by atoms with Crippen LogP contribution in [-0.2, 0) is 13.5 Å². The Morgan fingerprint density at radius 2 is 2.09 bits per heavy atom. The Balaban J connectivity index is 1.62. The highest BCUT2D eigenvalue weighted by atomic mass is 32.2. The average molecular weight is 487 g/mol. The molecule has 4 heterocycles. The van der Waals surface area contributed by atoms with Crippen LogP contribution in [0.2, 0.25) is 0 Å². The predicted octanol–water partition coefficient (Wildman–Crippen LogP) is 2.85. The molecule has 0 aliphatic carbocycles. The highest BCUT2D eigenvalue weighted by molar-refractivity contribution is 7.99. The summed E-state index contributed by atoms with van der Waals surface area (Å²) in [5.74, 6) is 0.211. The molecule has 10 nitrogen and oxygen atoms in total. The number of aromatic nitrogens is 7. The minimum absolute atomic E-state index is 0.0451. The zero-order valence-corrected chi connectivity index (χ0v) is 19.5. The van der Waals surface area contributed by atoms with Crippen molar-refractivity contribution in [2.24, 2.45) is 7.05 Å². The molecule has 164 valence electrons. The monoisotopic (exact) mass is 486 g/mol. The van der Waals surface area contributed by atoms with E-state index in [0.717, 1.165) is 22.1 Å². The number of rotatable bonds is 8. The van der Waals surface area contributed by atoms with Crippen molar-refractivity contribution >= 4 is 46.1 Å². The predicted molar refractivity (Wildman–Crippen MR) is 121 cm³/mol. The van der Waals surface area contributed by atoms with Crippen molar-refractivity contribution < 1.29 is 9.90 Å². The topological polar surface area (TPSA) is 132 Å². The van der Waals surface area contributed by atoms with E-state index < -0.39 is 0 Å². The van der Waals surface area contributed by atoms with E-state index >= 15 is 0 Å². The molecule has 0 saturated heterocycles. The third-order valence-electron chi connectivity index (χ3n) is 4.05. The summed E-state index contributed by atoms with van der Waals surface area (Å²) in [5, 5.41) is 21.4. The van der Waals surface area contributed by atoms with E-state index in [1.54, 1.807) is 24.0 Å². The molecule has 13 heteroatoms. The van der Waals surface area contributed by atoms with Crippen molar-refractivity contribution in [2.45, 2.75) is 33.3 Å². The third-order valence-corrected chi connectivity index (χ3v) is 6.79. The van der Waals surface area contributed by atoms with Gasteiger partial charge in [0.05, 0.1) is 0 Å². The molecule has 0 spiro atoms. The first kappa shape index (κ1) is 22.3. The second-order valence-electron chi connectivity index (χ2n) is 6.48. The van der Waals surface area contributed by atoms with Gasteiger partial charge in [-0.05, 0) is 43.0 Å². The summed E-state index contributed by atoms with van der Waals surface area (Å²) in [5.41, 5.74) is 1.06. The number of aliphatic hydroxyl groups is 1. The van der Waals surface area contributed by atoms with Crippen LogP contribution in [0.25, 0.3) is 0 Å². The van der Waals surface area contributed by atoms with Crippen LogP contribution in [0.5, 0.6) is 0 Å². The van der Waals surface area contributed by atoms with E-state index in [0.29, 0.717) is 32.5 Å². The van der Waals surface area contributed by atoms with Gasteiger partial charge in [-0.15, -0.1) is 10.2 Å². The van der Waals surface area contributed by atoms with Gasteiger partial charge >= 0.3 is 0 Å². The van der Waals surface area contributed by atoms with Crippen molar-refractivity contribution in [3.8, 4) is 0 Å². The van der Waals surface area contributed by atoms with Crippen molar-refractivity contribution in [2.75, 3.05) is 11.9 Å². The highest BCUT2D eigenvalue weighted by Gasteiger charge is 2.19. The number of hydrogen-bond donors (Lipinski definition) is 2. The molecule has 0 saturated carbocycles. The molecule has 0 aromatic carbocycles. The van der Waals surface area contributed by atoms with Crippen LogP contribution in [0.3, 0.4) is 0 Å². The summed E-state index contributed by atoms with van der Waals surface area (Å²) in [4.78, 5) is 27.7. The average Bonchev–Trinajstić information content (AvgIpc) is 3.38. The van der Waals surface area contributed by atoms with Gasteiger partial charge in [0.2, 0.25) is 5.13 Å². The number of hydrogen-bond acceptors (Lipinski definition) is 11. The van der Waals surface area contributed by atoms with E-state index in [9.17, 15) is 4.79 Å².